The maximum absolute atomic E-state index is 11.4. The number of carbonyl (C=O) groups excluding carboxylic acids is 2. The van der Waals surface area contributed by atoms with Gasteiger partial charge in [0.05, 0.1) is 16.7 Å². The number of nitrogens with two attached hydrogens (primary N) is 1. The number of hydrogen-bond acceptors (Lipinski definition) is 4. The van der Waals surface area contributed by atoms with Crippen LogP contribution < -0.4 is 11.1 Å². The topological polar surface area (TPSA) is 109 Å². The number of carbonyl (C=O) groups is 2. The monoisotopic (exact) mass is 264 g/mol. The minimum Gasteiger partial charge on any atom is -0.347 e. The fraction of sp³-hybridized carbons (Fsp3) is 0.750. The average Bonchev–Trinajstić information content (AvgIpc) is 2.12. The molecule has 0 heterocycles. The molecule has 92 valence electrons. The van der Waals surface area contributed by atoms with Crippen LogP contribution in [-0.4, -0.2) is 56.6 Å². The summed E-state index contributed by atoms with van der Waals surface area (Å²) < 4.78 is 11.0. The van der Waals surface area contributed by atoms with Crippen LogP contribution in [0.15, 0.2) is 0 Å². The Morgan fingerprint density at radius 1 is 1.56 bits per heavy atom. The molecule has 8 heteroatoms. The van der Waals surface area contributed by atoms with Crippen LogP contribution >= 0.6 is 7.37 Å². The lowest BCUT2D eigenvalue weighted by molar-refractivity contribution is -0.125. The molecule has 0 saturated carbocycles. The van der Waals surface area contributed by atoms with Crippen molar-refractivity contribution in [1.82, 2.24) is 5.32 Å². The van der Waals surface area contributed by atoms with E-state index in [-0.39, 0.29) is 17.2 Å². The molecule has 0 radical (unpaired) electrons. The molecule has 3 atom stereocenters. The second-order valence-electron chi connectivity index (χ2n) is 4.01. The summed E-state index contributed by atoms with van der Waals surface area (Å²) in [7, 11) is -3.13. The van der Waals surface area contributed by atoms with Crippen LogP contribution in [0.25, 0.3) is 0 Å². The summed E-state index contributed by atoms with van der Waals surface area (Å²) in [6.45, 7) is 2.82. The normalized spacial score (nSPS) is 18.2. The number of nitrogens with one attached hydrogen (secondary N) is 1. The van der Waals surface area contributed by atoms with Gasteiger partial charge in [-0.1, -0.05) is 0 Å². The number of amides is 1. The maximum Gasteiger partial charge on any atom is 0.322 e. The molecule has 1 amide bonds. The molecule has 0 aliphatic carbocycles. The van der Waals surface area contributed by atoms with Gasteiger partial charge in [0, 0.05) is 12.8 Å². The third-order valence-electron chi connectivity index (χ3n) is 2.16. The van der Waals surface area contributed by atoms with Crippen LogP contribution in [0.3, 0.4) is 0 Å². The van der Waals surface area contributed by atoms with Gasteiger partial charge in [-0.05, 0) is 13.3 Å². The first kappa shape index (κ1) is 15.8. The molecule has 0 saturated heterocycles. The smallest absolute Gasteiger partial charge is 0.322 e. The summed E-state index contributed by atoms with van der Waals surface area (Å²) in [5.41, 5.74) is 5.53. The Balaban J connectivity index is 4.10. The van der Waals surface area contributed by atoms with E-state index in [0.29, 0.717) is 16.3 Å². The molecule has 0 fully saturated rings. The van der Waals surface area contributed by atoms with Crippen LogP contribution in [0.5, 0.6) is 0 Å². The van der Waals surface area contributed by atoms with Crippen molar-refractivity contribution in [3.8, 4) is 0 Å². The first-order chi connectivity index (χ1) is 7.13. The van der Waals surface area contributed by atoms with Crippen LogP contribution in [0.4, 0.5) is 0 Å². The van der Waals surface area contributed by atoms with E-state index in [1.54, 1.807) is 6.92 Å². The van der Waals surface area contributed by atoms with E-state index in [4.69, 9.17) is 10.6 Å². The molecule has 0 aliphatic rings. The van der Waals surface area contributed by atoms with Crippen molar-refractivity contribution in [1.29, 1.82) is 0 Å². The molecular formula is C8H18AlN2O4P. The van der Waals surface area contributed by atoms with Crippen LogP contribution in [0.1, 0.15) is 13.3 Å². The van der Waals surface area contributed by atoms with E-state index in [0.717, 1.165) is 0 Å². The summed E-state index contributed by atoms with van der Waals surface area (Å²) in [6, 6.07) is -1.36. The summed E-state index contributed by atoms with van der Waals surface area (Å²) in [5, 5.41) is 2.47. The minimum absolute atomic E-state index is 0.00475. The first-order valence-corrected chi connectivity index (χ1v) is 8.28. The Hall–Kier alpha value is -0.178. The van der Waals surface area contributed by atoms with E-state index in [1.165, 1.54) is 6.66 Å². The third kappa shape index (κ3) is 7.15. The van der Waals surface area contributed by atoms with Gasteiger partial charge in [0.25, 0.3) is 0 Å². The summed E-state index contributed by atoms with van der Waals surface area (Å²) in [6.07, 6.45) is 0.142. The summed E-state index contributed by atoms with van der Waals surface area (Å²) >= 11 is 0.370. The van der Waals surface area contributed by atoms with Crippen molar-refractivity contribution in [2.75, 3.05) is 12.8 Å². The molecular weight excluding hydrogens is 246 g/mol. The first-order valence-electron chi connectivity index (χ1n) is 4.99. The van der Waals surface area contributed by atoms with Crippen LogP contribution in [0, 0.1) is 0 Å². The summed E-state index contributed by atoms with van der Waals surface area (Å²) in [5.74, 6) is -0.454. The molecule has 0 aromatic heterocycles. The van der Waals surface area contributed by atoms with Gasteiger partial charge in [-0.25, -0.2) is 0 Å². The SMILES string of the molecule is C[C@H](NC(=O)[C@@H](N)CCP(C)(=O)O)[C](=O)[AlH2]. The zero-order chi connectivity index (χ0) is 12.9. The standard InChI is InChI=1S/C8H16N2O4P.Al.2H/c1-6(5-11)10-8(12)7(9)3-4-15(2,13)14;;;/h6-7H,3-4,9H2,1-2H3,(H,10,12)(H,13,14);;;/t6-,7-;;;/m0.../s1. The molecule has 4 N–H and O–H groups in total. The lowest BCUT2D eigenvalue weighted by atomic mass is 10.2. The van der Waals surface area contributed by atoms with E-state index >= 15 is 0 Å². The van der Waals surface area contributed by atoms with Crippen LogP contribution in [-0.2, 0) is 14.2 Å². The predicted molar refractivity (Wildman–Crippen MR) is 64.4 cm³/mol. The Bertz CT molecular complexity index is 317. The van der Waals surface area contributed by atoms with Gasteiger partial charge in [0.1, 0.15) is 0 Å². The van der Waals surface area contributed by atoms with Gasteiger partial charge in [-0.2, -0.15) is 0 Å². The van der Waals surface area contributed by atoms with E-state index in [9.17, 15) is 14.2 Å². The highest BCUT2D eigenvalue weighted by Gasteiger charge is 2.20. The van der Waals surface area contributed by atoms with Crippen molar-refractivity contribution >= 4 is 34.2 Å². The fourth-order valence-corrected chi connectivity index (χ4v) is 1.83. The number of hydrogen-bond donors (Lipinski definition) is 3. The van der Waals surface area contributed by atoms with Crippen molar-refractivity contribution < 1.29 is 19.0 Å². The molecule has 6 nitrogen and oxygen atoms in total. The molecule has 0 rings (SSSR count). The predicted octanol–water partition coefficient (Wildman–Crippen LogP) is -1.73. The summed E-state index contributed by atoms with van der Waals surface area (Å²) in [4.78, 5) is 31.4. The van der Waals surface area contributed by atoms with Gasteiger partial charge in [0.15, 0.2) is 7.37 Å². The molecule has 16 heavy (non-hydrogen) atoms. The second kappa shape index (κ2) is 6.53. The van der Waals surface area contributed by atoms with E-state index < -0.39 is 25.4 Å². The maximum atomic E-state index is 11.4. The van der Waals surface area contributed by atoms with E-state index in [2.05, 4.69) is 5.32 Å². The average molecular weight is 264 g/mol. The quantitative estimate of drug-likeness (QED) is 0.390. The van der Waals surface area contributed by atoms with Crippen molar-refractivity contribution in [2.45, 2.75) is 25.4 Å². The second-order valence-corrected chi connectivity index (χ2v) is 7.55. The molecule has 0 aromatic carbocycles. The van der Waals surface area contributed by atoms with Crippen molar-refractivity contribution in [3.63, 3.8) is 0 Å². The van der Waals surface area contributed by atoms with Gasteiger partial charge < -0.3 is 20.7 Å². The molecule has 0 bridgehead atoms. The molecule has 0 aromatic rings. The lowest BCUT2D eigenvalue weighted by Crippen LogP contribution is -2.47. The lowest BCUT2D eigenvalue weighted by Gasteiger charge is -2.16. The Morgan fingerprint density at radius 2 is 2.06 bits per heavy atom. The van der Waals surface area contributed by atoms with Gasteiger partial charge >= 0.3 is 16.3 Å². The highest BCUT2D eigenvalue weighted by atomic mass is 31.2. The largest absolute Gasteiger partial charge is 0.347 e. The minimum atomic E-state index is -3.13. The zero-order valence-corrected chi connectivity index (χ0v) is 12.7. The van der Waals surface area contributed by atoms with Gasteiger partial charge in [-0.15, -0.1) is 0 Å². The number of rotatable bonds is 6. The Labute approximate surface area is 103 Å². The zero-order valence-electron chi connectivity index (χ0n) is 9.77. The molecule has 0 spiro atoms. The Kier molecular flexibility index (Phi) is 6.46. The molecule has 0 aliphatic heterocycles. The van der Waals surface area contributed by atoms with E-state index in [1.807, 2.05) is 0 Å². The van der Waals surface area contributed by atoms with Crippen molar-refractivity contribution in [3.05, 3.63) is 0 Å². The van der Waals surface area contributed by atoms with Crippen molar-refractivity contribution in [2.24, 2.45) is 5.73 Å². The highest BCUT2D eigenvalue weighted by molar-refractivity contribution is 7.57. The van der Waals surface area contributed by atoms with Gasteiger partial charge in [-0.3, -0.25) is 9.36 Å². The Morgan fingerprint density at radius 3 is 2.44 bits per heavy atom. The van der Waals surface area contributed by atoms with Gasteiger partial charge in [0.2, 0.25) is 5.91 Å². The highest BCUT2D eigenvalue weighted by Crippen LogP contribution is 2.35. The van der Waals surface area contributed by atoms with Crippen LogP contribution in [0.2, 0.25) is 0 Å². The fourth-order valence-electron chi connectivity index (χ4n) is 0.932. The molecule has 1 unspecified atom stereocenters. The third-order valence-corrected chi connectivity index (χ3v) is 4.11.